The van der Waals surface area contributed by atoms with Crippen LogP contribution in [0.2, 0.25) is 0 Å². The van der Waals surface area contributed by atoms with Gasteiger partial charge in [0.2, 0.25) is 0 Å². The zero-order valence-corrected chi connectivity index (χ0v) is 20.6. The van der Waals surface area contributed by atoms with Crippen molar-refractivity contribution in [3.8, 4) is 16.9 Å². The van der Waals surface area contributed by atoms with E-state index in [2.05, 4.69) is 78.4 Å². The highest BCUT2D eigenvalue weighted by atomic mass is 16.5. The monoisotopic (exact) mass is 471 g/mol. The van der Waals surface area contributed by atoms with E-state index in [0.717, 1.165) is 39.8 Å². The molecule has 0 bridgehead atoms. The van der Waals surface area contributed by atoms with Gasteiger partial charge in [-0.15, -0.1) is 0 Å². The Balaban J connectivity index is 1.57. The van der Waals surface area contributed by atoms with Gasteiger partial charge in [0.05, 0.1) is 31.3 Å². The lowest BCUT2D eigenvalue weighted by Crippen LogP contribution is -2.18. The van der Waals surface area contributed by atoms with Crippen LogP contribution < -0.4 is 10.1 Å². The van der Waals surface area contributed by atoms with Crippen LogP contribution in [0, 0.1) is 5.92 Å². The van der Waals surface area contributed by atoms with Crippen LogP contribution in [-0.4, -0.2) is 34.5 Å². The molecule has 1 heterocycles. The number of aliphatic carboxylic acids is 1. The Hall–Kier alpha value is -3.64. The number of fused-ring (bicyclic) bond motifs is 1. The lowest BCUT2D eigenvalue weighted by Gasteiger charge is -2.22. The first-order chi connectivity index (χ1) is 16.9. The minimum absolute atomic E-state index is 0.126. The molecule has 0 saturated carbocycles. The predicted molar refractivity (Wildman–Crippen MR) is 140 cm³/mol. The average Bonchev–Trinajstić information content (AvgIpc) is 3.28. The summed E-state index contributed by atoms with van der Waals surface area (Å²) in [6.45, 7) is 5.59. The molecule has 0 aliphatic carbocycles. The normalized spacial score (nSPS) is 12.2. The van der Waals surface area contributed by atoms with E-state index in [1.165, 1.54) is 5.56 Å². The van der Waals surface area contributed by atoms with E-state index in [1.54, 1.807) is 7.11 Å². The number of methoxy groups -OCH3 is 1. The quantitative estimate of drug-likeness (QED) is 0.266. The highest BCUT2D eigenvalue weighted by Gasteiger charge is 2.19. The van der Waals surface area contributed by atoms with Gasteiger partial charge in [-0.2, -0.15) is 5.10 Å². The highest BCUT2D eigenvalue weighted by Crippen LogP contribution is 2.31. The van der Waals surface area contributed by atoms with Crippen LogP contribution in [0.25, 0.3) is 22.0 Å². The molecule has 3 aromatic carbocycles. The summed E-state index contributed by atoms with van der Waals surface area (Å²) in [4.78, 5) is 10.7. The first-order valence-corrected chi connectivity index (χ1v) is 12.1. The molecule has 2 N–H and O–H groups in total. The summed E-state index contributed by atoms with van der Waals surface area (Å²) in [5, 5.41) is 17.9. The maximum absolute atomic E-state index is 10.7. The van der Waals surface area contributed by atoms with Gasteiger partial charge < -0.3 is 15.2 Å². The standard InChI is InChI=1S/C29H33N3O3/c1-20(2)16-28(23-6-4-21(5-7-23)18-30-15-14-29(33)34)32-27-13-10-24(17-25(27)19-31-32)22-8-11-26(35-3)12-9-22/h4-13,17,19-20,28,30H,14-16,18H2,1-3H3,(H,33,34). The van der Waals surface area contributed by atoms with Crippen molar-refractivity contribution in [2.24, 2.45) is 5.92 Å². The number of ether oxygens (including phenoxy) is 1. The molecule has 0 amide bonds. The summed E-state index contributed by atoms with van der Waals surface area (Å²) in [6, 6.07) is 23.3. The van der Waals surface area contributed by atoms with Crippen LogP contribution in [0.15, 0.2) is 72.9 Å². The number of carboxylic acid groups (broad SMARTS) is 1. The van der Waals surface area contributed by atoms with Crippen molar-refractivity contribution in [1.29, 1.82) is 0 Å². The SMILES string of the molecule is COc1ccc(-c2ccc3c(cnn3C(CC(C)C)c3ccc(CNCCC(=O)O)cc3)c2)cc1. The minimum atomic E-state index is -0.785. The molecule has 1 aromatic heterocycles. The topological polar surface area (TPSA) is 76.4 Å². The number of hydrogen-bond acceptors (Lipinski definition) is 4. The summed E-state index contributed by atoms with van der Waals surface area (Å²) in [7, 11) is 1.68. The molecule has 0 spiro atoms. The van der Waals surface area contributed by atoms with Crippen LogP contribution in [-0.2, 0) is 11.3 Å². The molecule has 4 aromatic rings. The molecule has 0 fully saturated rings. The zero-order valence-electron chi connectivity index (χ0n) is 20.6. The van der Waals surface area contributed by atoms with Crippen LogP contribution >= 0.6 is 0 Å². The summed E-state index contributed by atoms with van der Waals surface area (Å²) < 4.78 is 7.43. The summed E-state index contributed by atoms with van der Waals surface area (Å²) in [5.74, 6) is 0.573. The third-order valence-electron chi connectivity index (χ3n) is 6.22. The van der Waals surface area contributed by atoms with Gasteiger partial charge in [-0.3, -0.25) is 9.48 Å². The van der Waals surface area contributed by atoms with Crippen molar-refractivity contribution in [3.63, 3.8) is 0 Å². The molecule has 182 valence electrons. The molecule has 4 rings (SSSR count). The van der Waals surface area contributed by atoms with Crippen molar-refractivity contribution in [1.82, 2.24) is 15.1 Å². The fourth-order valence-electron chi connectivity index (χ4n) is 4.37. The van der Waals surface area contributed by atoms with E-state index in [1.807, 2.05) is 18.3 Å². The summed E-state index contributed by atoms with van der Waals surface area (Å²) in [6.07, 6.45) is 3.06. The van der Waals surface area contributed by atoms with Crippen molar-refractivity contribution < 1.29 is 14.6 Å². The Labute approximate surface area is 206 Å². The van der Waals surface area contributed by atoms with E-state index in [9.17, 15) is 4.79 Å². The van der Waals surface area contributed by atoms with E-state index in [0.29, 0.717) is 19.0 Å². The van der Waals surface area contributed by atoms with Crippen molar-refractivity contribution in [3.05, 3.63) is 84.1 Å². The predicted octanol–water partition coefficient (Wildman–Crippen LogP) is 5.91. The Morgan fingerprint density at radius 3 is 2.40 bits per heavy atom. The minimum Gasteiger partial charge on any atom is -0.497 e. The molecule has 6 nitrogen and oxygen atoms in total. The lowest BCUT2D eigenvalue weighted by molar-refractivity contribution is -0.136. The third-order valence-corrected chi connectivity index (χ3v) is 6.22. The summed E-state index contributed by atoms with van der Waals surface area (Å²) in [5.41, 5.74) is 5.77. The van der Waals surface area contributed by atoms with Gasteiger partial charge in [-0.1, -0.05) is 56.3 Å². The maximum Gasteiger partial charge on any atom is 0.304 e. The lowest BCUT2D eigenvalue weighted by atomic mass is 9.96. The maximum atomic E-state index is 10.7. The second kappa shape index (κ2) is 11.2. The van der Waals surface area contributed by atoms with Gasteiger partial charge in [0.15, 0.2) is 0 Å². The van der Waals surface area contributed by atoms with Crippen LogP contribution in [0.1, 0.15) is 43.9 Å². The first kappa shape index (κ1) is 24.5. The Morgan fingerprint density at radius 2 is 1.74 bits per heavy atom. The first-order valence-electron chi connectivity index (χ1n) is 12.1. The van der Waals surface area contributed by atoms with Crippen LogP contribution in [0.3, 0.4) is 0 Å². The van der Waals surface area contributed by atoms with Crippen LogP contribution in [0.5, 0.6) is 5.75 Å². The average molecular weight is 472 g/mol. The molecule has 0 aliphatic heterocycles. The van der Waals surface area contributed by atoms with Gasteiger partial charge in [-0.25, -0.2) is 0 Å². The molecule has 1 atom stereocenters. The number of aromatic nitrogens is 2. The zero-order chi connectivity index (χ0) is 24.8. The molecule has 0 aliphatic rings. The highest BCUT2D eigenvalue weighted by molar-refractivity contribution is 5.84. The molecular weight excluding hydrogens is 438 g/mol. The smallest absolute Gasteiger partial charge is 0.304 e. The van der Waals surface area contributed by atoms with Crippen molar-refractivity contribution in [2.75, 3.05) is 13.7 Å². The number of hydrogen-bond donors (Lipinski definition) is 2. The molecule has 35 heavy (non-hydrogen) atoms. The number of benzene rings is 3. The third kappa shape index (κ3) is 6.08. The van der Waals surface area contributed by atoms with Gasteiger partial charge >= 0.3 is 5.97 Å². The Kier molecular flexibility index (Phi) is 7.83. The van der Waals surface area contributed by atoms with Gasteiger partial charge in [0.1, 0.15) is 5.75 Å². The van der Waals surface area contributed by atoms with E-state index in [-0.39, 0.29) is 12.5 Å². The van der Waals surface area contributed by atoms with Crippen molar-refractivity contribution >= 4 is 16.9 Å². The van der Waals surface area contributed by atoms with Crippen LogP contribution in [0.4, 0.5) is 0 Å². The number of rotatable bonds is 11. The summed E-state index contributed by atoms with van der Waals surface area (Å²) >= 11 is 0. The fraction of sp³-hybridized carbons (Fsp3) is 0.310. The second-order valence-electron chi connectivity index (χ2n) is 9.30. The fourth-order valence-corrected chi connectivity index (χ4v) is 4.37. The second-order valence-corrected chi connectivity index (χ2v) is 9.30. The largest absolute Gasteiger partial charge is 0.497 e. The Morgan fingerprint density at radius 1 is 1.03 bits per heavy atom. The number of nitrogens with one attached hydrogen (secondary N) is 1. The number of carbonyl (C=O) groups is 1. The van der Waals surface area contributed by atoms with E-state index < -0.39 is 5.97 Å². The van der Waals surface area contributed by atoms with E-state index >= 15 is 0 Å². The molecular formula is C29H33N3O3. The molecule has 6 heteroatoms. The Bertz CT molecular complexity index is 1260. The van der Waals surface area contributed by atoms with Crippen molar-refractivity contribution in [2.45, 2.75) is 39.3 Å². The molecule has 1 unspecified atom stereocenters. The van der Waals surface area contributed by atoms with Gasteiger partial charge in [0.25, 0.3) is 0 Å². The van der Waals surface area contributed by atoms with E-state index in [4.69, 9.17) is 14.9 Å². The van der Waals surface area contributed by atoms with Gasteiger partial charge in [0, 0.05) is 18.5 Å². The van der Waals surface area contributed by atoms with Gasteiger partial charge in [-0.05, 0) is 58.9 Å². The molecule has 0 saturated heterocycles. The number of carboxylic acids is 1. The number of nitrogens with zero attached hydrogens (tertiary/aromatic N) is 2. The molecule has 0 radical (unpaired) electrons.